The molecule has 2 heteroatoms. The van der Waals surface area contributed by atoms with Crippen molar-refractivity contribution in [2.24, 2.45) is 5.92 Å². The van der Waals surface area contributed by atoms with Gasteiger partial charge in [-0.25, -0.2) is 0 Å². The first-order valence-corrected chi connectivity index (χ1v) is 8.36. The average molecular weight is 272 g/mol. The van der Waals surface area contributed by atoms with Crippen LogP contribution in [-0.2, 0) is 5.41 Å². The van der Waals surface area contributed by atoms with Crippen LogP contribution in [-0.4, -0.2) is 26.2 Å². The molecule has 1 saturated carbocycles. The van der Waals surface area contributed by atoms with E-state index in [1.807, 2.05) is 0 Å². The molecule has 0 radical (unpaired) electrons. The Hall–Kier alpha value is -0.860. The quantitative estimate of drug-likeness (QED) is 0.778. The van der Waals surface area contributed by atoms with E-state index in [4.69, 9.17) is 0 Å². The second-order valence-electron chi connectivity index (χ2n) is 6.66. The highest BCUT2D eigenvalue weighted by molar-refractivity contribution is 5.27. The van der Waals surface area contributed by atoms with Crippen molar-refractivity contribution < 1.29 is 0 Å². The molecule has 1 heterocycles. The summed E-state index contributed by atoms with van der Waals surface area (Å²) >= 11 is 0. The zero-order valence-corrected chi connectivity index (χ0v) is 12.5. The van der Waals surface area contributed by atoms with E-state index in [9.17, 15) is 0 Å². The van der Waals surface area contributed by atoms with E-state index in [-0.39, 0.29) is 0 Å². The van der Waals surface area contributed by atoms with E-state index < -0.39 is 0 Å². The van der Waals surface area contributed by atoms with E-state index in [0.717, 1.165) is 25.6 Å². The maximum atomic E-state index is 3.77. The Morgan fingerprint density at radius 1 is 1.10 bits per heavy atom. The van der Waals surface area contributed by atoms with Gasteiger partial charge in [0.2, 0.25) is 0 Å². The number of hydrogen-bond acceptors (Lipinski definition) is 2. The number of piperidine rings is 1. The molecule has 1 saturated heterocycles. The molecule has 0 spiro atoms. The average Bonchev–Trinajstić information content (AvgIpc) is 2.47. The molecule has 2 N–H and O–H groups in total. The molecule has 1 aliphatic heterocycles. The van der Waals surface area contributed by atoms with Crippen LogP contribution in [0.5, 0.6) is 0 Å². The lowest BCUT2D eigenvalue weighted by Gasteiger charge is -2.39. The fourth-order valence-electron chi connectivity index (χ4n) is 3.68. The van der Waals surface area contributed by atoms with Gasteiger partial charge in [0.1, 0.15) is 0 Å². The van der Waals surface area contributed by atoms with E-state index in [2.05, 4.69) is 41.0 Å². The van der Waals surface area contributed by atoms with Crippen LogP contribution in [0, 0.1) is 5.92 Å². The zero-order valence-electron chi connectivity index (χ0n) is 12.5. The summed E-state index contributed by atoms with van der Waals surface area (Å²) in [5, 5.41) is 7.27. The van der Waals surface area contributed by atoms with E-state index >= 15 is 0 Å². The van der Waals surface area contributed by atoms with Crippen molar-refractivity contribution in [2.75, 3.05) is 26.2 Å². The van der Waals surface area contributed by atoms with E-state index in [1.54, 1.807) is 0 Å². The SMILES string of the molecule is c1ccc(C2(CNCCC3CCC3)CCNCC2)cc1. The Bertz CT molecular complexity index is 391. The topological polar surface area (TPSA) is 24.1 Å². The van der Waals surface area contributed by atoms with E-state index in [1.165, 1.54) is 50.6 Å². The van der Waals surface area contributed by atoms with Gasteiger partial charge in [-0.05, 0) is 50.4 Å². The van der Waals surface area contributed by atoms with Gasteiger partial charge in [-0.1, -0.05) is 49.6 Å². The lowest BCUT2D eigenvalue weighted by atomic mass is 9.73. The van der Waals surface area contributed by atoms with Gasteiger partial charge in [0.05, 0.1) is 0 Å². The van der Waals surface area contributed by atoms with Crippen LogP contribution in [0.1, 0.15) is 44.1 Å². The highest BCUT2D eigenvalue weighted by Gasteiger charge is 2.33. The van der Waals surface area contributed by atoms with Gasteiger partial charge in [-0.15, -0.1) is 0 Å². The number of benzene rings is 1. The van der Waals surface area contributed by atoms with Crippen LogP contribution in [0.25, 0.3) is 0 Å². The summed E-state index contributed by atoms with van der Waals surface area (Å²) in [6, 6.07) is 11.1. The van der Waals surface area contributed by atoms with Crippen molar-refractivity contribution in [1.29, 1.82) is 0 Å². The first-order valence-electron chi connectivity index (χ1n) is 8.36. The molecular weight excluding hydrogens is 244 g/mol. The van der Waals surface area contributed by atoms with Gasteiger partial charge in [-0.2, -0.15) is 0 Å². The molecule has 1 aromatic rings. The van der Waals surface area contributed by atoms with Crippen LogP contribution in [0.15, 0.2) is 30.3 Å². The van der Waals surface area contributed by atoms with Crippen LogP contribution in [0.4, 0.5) is 0 Å². The highest BCUT2D eigenvalue weighted by Crippen LogP contribution is 2.33. The monoisotopic (exact) mass is 272 g/mol. The van der Waals surface area contributed by atoms with Crippen molar-refractivity contribution in [3.8, 4) is 0 Å². The largest absolute Gasteiger partial charge is 0.317 e. The molecule has 0 aromatic heterocycles. The zero-order chi connectivity index (χ0) is 13.7. The molecule has 2 fully saturated rings. The Kier molecular flexibility index (Phi) is 4.74. The fraction of sp³-hybridized carbons (Fsp3) is 0.667. The summed E-state index contributed by atoms with van der Waals surface area (Å²) in [5.41, 5.74) is 1.88. The standard InChI is InChI=1S/C18H28N2/c1-2-7-17(8-3-1)18(10-13-19-14-11-18)15-20-12-9-16-5-4-6-16/h1-3,7-8,16,19-20H,4-6,9-15H2. The van der Waals surface area contributed by atoms with Crippen LogP contribution in [0.2, 0.25) is 0 Å². The first kappa shape index (κ1) is 14.1. The van der Waals surface area contributed by atoms with Crippen molar-refractivity contribution in [3.05, 3.63) is 35.9 Å². The van der Waals surface area contributed by atoms with Gasteiger partial charge < -0.3 is 10.6 Å². The molecule has 2 nitrogen and oxygen atoms in total. The van der Waals surface area contributed by atoms with Crippen molar-refractivity contribution >= 4 is 0 Å². The fourth-order valence-corrected chi connectivity index (χ4v) is 3.68. The molecule has 1 aromatic carbocycles. The van der Waals surface area contributed by atoms with Crippen LogP contribution >= 0.6 is 0 Å². The number of hydrogen-bond donors (Lipinski definition) is 2. The van der Waals surface area contributed by atoms with Gasteiger partial charge in [0, 0.05) is 12.0 Å². The molecule has 0 atom stereocenters. The number of rotatable bonds is 6. The predicted octanol–water partition coefficient (Wildman–Crippen LogP) is 3.09. The molecule has 0 bridgehead atoms. The minimum atomic E-state index is 0.353. The Morgan fingerprint density at radius 2 is 1.85 bits per heavy atom. The molecule has 110 valence electrons. The summed E-state index contributed by atoms with van der Waals surface area (Å²) in [6.45, 7) is 4.65. The second kappa shape index (κ2) is 6.73. The third-order valence-electron chi connectivity index (χ3n) is 5.36. The summed E-state index contributed by atoms with van der Waals surface area (Å²) in [4.78, 5) is 0. The molecule has 0 unspecified atom stereocenters. The summed E-state index contributed by atoms with van der Waals surface area (Å²) in [5.74, 6) is 1.02. The Balaban J connectivity index is 1.57. The number of nitrogens with one attached hydrogen (secondary N) is 2. The van der Waals surface area contributed by atoms with Gasteiger partial charge in [-0.3, -0.25) is 0 Å². The van der Waals surface area contributed by atoms with Crippen LogP contribution in [0.3, 0.4) is 0 Å². The smallest absolute Gasteiger partial charge is 0.0102 e. The lowest BCUT2D eigenvalue weighted by Crippen LogP contribution is -2.46. The van der Waals surface area contributed by atoms with Gasteiger partial charge in [0.15, 0.2) is 0 Å². The molecule has 1 aliphatic carbocycles. The summed E-state index contributed by atoms with van der Waals surface area (Å²) in [7, 11) is 0. The maximum Gasteiger partial charge on any atom is 0.0102 e. The minimum Gasteiger partial charge on any atom is -0.317 e. The van der Waals surface area contributed by atoms with Gasteiger partial charge >= 0.3 is 0 Å². The molecule has 20 heavy (non-hydrogen) atoms. The van der Waals surface area contributed by atoms with Gasteiger partial charge in [0.25, 0.3) is 0 Å². The lowest BCUT2D eigenvalue weighted by molar-refractivity contribution is 0.268. The molecule has 2 aliphatic rings. The predicted molar refractivity (Wildman–Crippen MR) is 85.1 cm³/mol. The normalized spacial score (nSPS) is 22.4. The molecular formula is C18H28N2. The Labute approximate surface area is 123 Å². The highest BCUT2D eigenvalue weighted by atomic mass is 14.9. The second-order valence-corrected chi connectivity index (χ2v) is 6.66. The molecule has 0 amide bonds. The minimum absolute atomic E-state index is 0.353. The maximum absolute atomic E-state index is 3.77. The Morgan fingerprint density at radius 3 is 2.50 bits per heavy atom. The van der Waals surface area contributed by atoms with Crippen molar-refractivity contribution in [2.45, 2.75) is 43.9 Å². The third-order valence-corrected chi connectivity index (χ3v) is 5.36. The molecule has 3 rings (SSSR count). The van der Waals surface area contributed by atoms with Crippen LogP contribution < -0.4 is 10.6 Å². The van der Waals surface area contributed by atoms with Crippen molar-refractivity contribution in [1.82, 2.24) is 10.6 Å². The van der Waals surface area contributed by atoms with E-state index in [0.29, 0.717) is 5.41 Å². The first-order chi connectivity index (χ1) is 9.89. The van der Waals surface area contributed by atoms with Crippen molar-refractivity contribution in [3.63, 3.8) is 0 Å². The summed E-state index contributed by atoms with van der Waals surface area (Å²) in [6.07, 6.45) is 8.29. The summed E-state index contributed by atoms with van der Waals surface area (Å²) < 4.78 is 0. The third kappa shape index (κ3) is 3.24.